The Bertz CT molecular complexity index is 626. The molecular weight excluding hydrogens is 228 g/mol. The first-order valence-corrected chi connectivity index (χ1v) is 5.60. The van der Waals surface area contributed by atoms with Crippen molar-refractivity contribution < 1.29 is 0 Å². The molecule has 3 aromatic rings. The van der Waals surface area contributed by atoms with Crippen molar-refractivity contribution in [2.24, 2.45) is 0 Å². The summed E-state index contributed by atoms with van der Waals surface area (Å²) in [7, 11) is 0. The second-order valence-corrected chi connectivity index (χ2v) is 4.04. The van der Waals surface area contributed by atoms with Crippen LogP contribution in [0.4, 0.5) is 0 Å². The van der Waals surface area contributed by atoms with Gasteiger partial charge in [0.25, 0.3) is 0 Å². The zero-order valence-electron chi connectivity index (χ0n) is 10.1. The quantitative estimate of drug-likeness (QED) is 0.680. The molecule has 90 valence electrons. The van der Waals surface area contributed by atoms with E-state index in [1.54, 1.807) is 21.8 Å². The van der Waals surface area contributed by atoms with Gasteiger partial charge in [-0.3, -0.25) is 4.98 Å². The van der Waals surface area contributed by atoms with Crippen molar-refractivity contribution in [2.75, 3.05) is 0 Å². The molecule has 0 aliphatic carbocycles. The highest BCUT2D eigenvalue weighted by Gasteiger charge is 2.04. The van der Waals surface area contributed by atoms with Crippen LogP contribution in [-0.2, 0) is 0 Å². The van der Waals surface area contributed by atoms with E-state index in [0.29, 0.717) is 11.6 Å². The average Bonchev–Trinajstić information content (AvgIpc) is 2.98. The molecule has 0 unspecified atom stereocenters. The van der Waals surface area contributed by atoms with Gasteiger partial charge in [0.2, 0.25) is 0 Å². The smallest absolute Gasteiger partial charge is 0.174 e. The third-order valence-corrected chi connectivity index (χ3v) is 2.52. The predicted molar refractivity (Wildman–Crippen MR) is 65.8 cm³/mol. The van der Waals surface area contributed by atoms with Gasteiger partial charge in [0.1, 0.15) is 0 Å². The minimum absolute atomic E-state index is 0.675. The molecule has 3 rings (SSSR count). The molecule has 3 heterocycles. The average molecular weight is 240 g/mol. The van der Waals surface area contributed by atoms with Gasteiger partial charge in [-0.25, -0.2) is 14.3 Å². The largest absolute Gasteiger partial charge is 0.257 e. The molecule has 0 atom stereocenters. The summed E-state index contributed by atoms with van der Waals surface area (Å²) in [6, 6.07) is 3.85. The van der Waals surface area contributed by atoms with Crippen molar-refractivity contribution in [1.29, 1.82) is 0 Å². The molecule has 0 aliphatic heterocycles. The summed E-state index contributed by atoms with van der Waals surface area (Å²) in [6.07, 6.45) is 7.06. The van der Waals surface area contributed by atoms with Crippen LogP contribution in [0.1, 0.15) is 11.4 Å². The summed E-state index contributed by atoms with van der Waals surface area (Å²) >= 11 is 0. The Hall–Kier alpha value is -2.50. The lowest BCUT2D eigenvalue weighted by Gasteiger charge is -2.03. The SMILES string of the molecule is Cc1ccn(-c2cncc(-n3ccc(C)n3)n2)n1. The van der Waals surface area contributed by atoms with Crippen LogP contribution in [0.2, 0.25) is 0 Å². The fraction of sp³-hybridized carbons (Fsp3) is 0.167. The van der Waals surface area contributed by atoms with E-state index in [-0.39, 0.29) is 0 Å². The first kappa shape index (κ1) is 10.6. The molecule has 0 N–H and O–H groups in total. The van der Waals surface area contributed by atoms with Crippen LogP contribution in [0.3, 0.4) is 0 Å². The molecule has 3 aromatic heterocycles. The van der Waals surface area contributed by atoms with Gasteiger partial charge in [-0.1, -0.05) is 0 Å². The predicted octanol–water partition coefficient (Wildman–Crippen LogP) is 1.46. The van der Waals surface area contributed by atoms with Gasteiger partial charge < -0.3 is 0 Å². The number of rotatable bonds is 2. The molecule has 0 saturated heterocycles. The van der Waals surface area contributed by atoms with Gasteiger partial charge in [-0.05, 0) is 26.0 Å². The van der Waals surface area contributed by atoms with Crippen molar-refractivity contribution in [3.8, 4) is 11.6 Å². The molecule has 6 heteroatoms. The van der Waals surface area contributed by atoms with E-state index in [9.17, 15) is 0 Å². The summed E-state index contributed by atoms with van der Waals surface area (Å²) in [5.41, 5.74) is 1.88. The lowest BCUT2D eigenvalue weighted by atomic mass is 10.5. The lowest BCUT2D eigenvalue weighted by Crippen LogP contribution is -2.05. The molecule has 0 aromatic carbocycles. The molecule has 18 heavy (non-hydrogen) atoms. The summed E-state index contributed by atoms with van der Waals surface area (Å²) in [5.74, 6) is 1.35. The topological polar surface area (TPSA) is 61.4 Å². The number of aryl methyl sites for hydroxylation is 2. The third kappa shape index (κ3) is 1.88. The second-order valence-electron chi connectivity index (χ2n) is 4.04. The van der Waals surface area contributed by atoms with Gasteiger partial charge >= 0.3 is 0 Å². The second kappa shape index (κ2) is 4.06. The van der Waals surface area contributed by atoms with Crippen LogP contribution < -0.4 is 0 Å². The van der Waals surface area contributed by atoms with Crippen molar-refractivity contribution in [2.45, 2.75) is 13.8 Å². The Morgan fingerprint density at radius 1 is 0.833 bits per heavy atom. The van der Waals surface area contributed by atoms with Crippen LogP contribution in [0.5, 0.6) is 0 Å². The van der Waals surface area contributed by atoms with Crippen LogP contribution >= 0.6 is 0 Å². The normalized spacial score (nSPS) is 10.8. The summed E-state index contributed by atoms with van der Waals surface area (Å²) in [4.78, 5) is 8.65. The Morgan fingerprint density at radius 2 is 1.33 bits per heavy atom. The van der Waals surface area contributed by atoms with E-state index in [0.717, 1.165) is 11.4 Å². The number of aromatic nitrogens is 6. The maximum absolute atomic E-state index is 4.48. The molecule has 0 bridgehead atoms. The highest BCUT2D eigenvalue weighted by molar-refractivity contribution is 5.26. The van der Waals surface area contributed by atoms with Gasteiger partial charge in [-0.2, -0.15) is 10.2 Å². The van der Waals surface area contributed by atoms with Crippen LogP contribution in [0.15, 0.2) is 36.9 Å². The first-order valence-electron chi connectivity index (χ1n) is 5.60. The van der Waals surface area contributed by atoms with Gasteiger partial charge in [0.05, 0.1) is 23.8 Å². The van der Waals surface area contributed by atoms with Crippen molar-refractivity contribution in [3.63, 3.8) is 0 Å². The maximum atomic E-state index is 4.48. The van der Waals surface area contributed by atoms with Gasteiger partial charge in [-0.15, -0.1) is 0 Å². The Morgan fingerprint density at radius 3 is 1.72 bits per heavy atom. The van der Waals surface area contributed by atoms with E-state index in [1.165, 1.54) is 0 Å². The Kier molecular flexibility index (Phi) is 2.40. The molecule has 0 saturated carbocycles. The third-order valence-electron chi connectivity index (χ3n) is 2.52. The molecule has 0 spiro atoms. The van der Waals surface area contributed by atoms with E-state index in [2.05, 4.69) is 20.2 Å². The molecule has 0 aliphatic rings. The Labute approximate surface area is 104 Å². The molecular formula is C12H12N6. The van der Waals surface area contributed by atoms with Gasteiger partial charge in [0, 0.05) is 12.4 Å². The first-order chi connectivity index (χ1) is 8.72. The fourth-order valence-corrected chi connectivity index (χ4v) is 1.65. The zero-order valence-corrected chi connectivity index (χ0v) is 10.1. The van der Waals surface area contributed by atoms with Crippen LogP contribution in [-0.4, -0.2) is 29.5 Å². The highest BCUT2D eigenvalue weighted by atomic mass is 15.3. The standard InChI is InChI=1S/C12H12N6/c1-9-3-5-17(15-9)11-7-13-8-12(14-11)18-6-4-10(2)16-18/h3-8H,1-2H3. The van der Waals surface area contributed by atoms with Crippen molar-refractivity contribution in [1.82, 2.24) is 29.5 Å². The van der Waals surface area contributed by atoms with Crippen molar-refractivity contribution >= 4 is 0 Å². The van der Waals surface area contributed by atoms with Crippen LogP contribution in [0.25, 0.3) is 11.6 Å². The number of nitrogens with zero attached hydrogens (tertiary/aromatic N) is 6. The molecule has 0 fully saturated rings. The molecule has 6 nitrogen and oxygen atoms in total. The van der Waals surface area contributed by atoms with E-state index in [1.807, 2.05) is 38.4 Å². The Balaban J connectivity index is 2.04. The maximum Gasteiger partial charge on any atom is 0.174 e. The number of hydrogen-bond acceptors (Lipinski definition) is 4. The monoisotopic (exact) mass is 240 g/mol. The fourth-order valence-electron chi connectivity index (χ4n) is 1.65. The van der Waals surface area contributed by atoms with E-state index >= 15 is 0 Å². The number of hydrogen-bond donors (Lipinski definition) is 0. The summed E-state index contributed by atoms with van der Waals surface area (Å²) in [6.45, 7) is 3.87. The van der Waals surface area contributed by atoms with E-state index < -0.39 is 0 Å². The zero-order chi connectivity index (χ0) is 12.5. The summed E-state index contributed by atoms with van der Waals surface area (Å²) in [5, 5.41) is 8.61. The minimum Gasteiger partial charge on any atom is -0.257 e. The van der Waals surface area contributed by atoms with E-state index in [4.69, 9.17) is 0 Å². The van der Waals surface area contributed by atoms with Gasteiger partial charge in [0.15, 0.2) is 11.6 Å². The van der Waals surface area contributed by atoms with Crippen molar-refractivity contribution in [3.05, 3.63) is 48.3 Å². The highest BCUT2D eigenvalue weighted by Crippen LogP contribution is 2.07. The van der Waals surface area contributed by atoms with Crippen LogP contribution in [0, 0.1) is 13.8 Å². The minimum atomic E-state index is 0.675. The summed E-state index contributed by atoms with van der Waals surface area (Å²) < 4.78 is 3.39. The molecule has 0 radical (unpaired) electrons. The lowest BCUT2D eigenvalue weighted by molar-refractivity contribution is 0.781. The molecule has 0 amide bonds.